The van der Waals surface area contributed by atoms with Crippen molar-refractivity contribution in [3.63, 3.8) is 0 Å². The van der Waals surface area contributed by atoms with E-state index in [1.807, 2.05) is 44.2 Å². The number of carbonyl (C=O) groups is 2. The monoisotopic (exact) mass is 424 g/mol. The Bertz CT molecular complexity index is 946. The molecule has 1 aromatic heterocycles. The zero-order chi connectivity index (χ0) is 22.0. The maximum atomic E-state index is 13.4. The second-order valence-electron chi connectivity index (χ2n) is 8.84. The van der Waals surface area contributed by atoms with Gasteiger partial charge in [0.25, 0.3) is 5.91 Å². The molecule has 2 aromatic rings. The summed E-state index contributed by atoms with van der Waals surface area (Å²) >= 11 is 0. The second-order valence-corrected chi connectivity index (χ2v) is 8.84. The van der Waals surface area contributed by atoms with E-state index in [2.05, 4.69) is 5.32 Å². The summed E-state index contributed by atoms with van der Waals surface area (Å²) in [4.78, 5) is 28.6. The number of hydrogen-bond donors (Lipinski definition) is 1. The SMILES string of the molecule is CCCN1C(=O)c2cc(-c3ccc(OC)cc3)nn2C[C@@]1(C)C(=O)NC1CCCCC1. The zero-order valence-corrected chi connectivity index (χ0v) is 18.7. The van der Waals surface area contributed by atoms with E-state index in [1.54, 1.807) is 16.7 Å². The lowest BCUT2D eigenvalue weighted by Gasteiger charge is -2.44. The van der Waals surface area contributed by atoms with Gasteiger partial charge < -0.3 is 15.0 Å². The van der Waals surface area contributed by atoms with E-state index in [1.165, 1.54) is 6.42 Å². The molecule has 31 heavy (non-hydrogen) atoms. The molecule has 1 atom stereocenters. The van der Waals surface area contributed by atoms with Crippen LogP contribution in [0.5, 0.6) is 5.75 Å². The highest BCUT2D eigenvalue weighted by Crippen LogP contribution is 2.31. The molecule has 0 unspecified atom stereocenters. The summed E-state index contributed by atoms with van der Waals surface area (Å²) < 4.78 is 6.93. The normalized spacial score (nSPS) is 21.6. The van der Waals surface area contributed by atoms with Crippen molar-refractivity contribution in [3.8, 4) is 17.0 Å². The van der Waals surface area contributed by atoms with Crippen LogP contribution in [0, 0.1) is 0 Å². The molecule has 7 nitrogen and oxygen atoms in total. The second kappa shape index (κ2) is 8.73. The van der Waals surface area contributed by atoms with Gasteiger partial charge in [-0.3, -0.25) is 14.3 Å². The standard InChI is InChI=1S/C24H32N4O3/c1-4-14-27-22(29)21-15-20(17-10-12-19(31-3)13-11-17)26-28(21)16-24(27,2)23(30)25-18-8-6-5-7-9-18/h10-13,15,18H,4-9,14,16H2,1-3H3,(H,25,30)/t24-/m0/s1. The Morgan fingerprint density at radius 3 is 2.58 bits per heavy atom. The lowest BCUT2D eigenvalue weighted by atomic mass is 9.91. The summed E-state index contributed by atoms with van der Waals surface area (Å²) in [6.45, 7) is 4.79. The number of aromatic nitrogens is 2. The largest absolute Gasteiger partial charge is 0.497 e. The Hall–Kier alpha value is -2.83. The smallest absolute Gasteiger partial charge is 0.273 e. The van der Waals surface area contributed by atoms with Gasteiger partial charge in [0.1, 0.15) is 17.0 Å². The molecule has 1 N–H and O–H groups in total. The lowest BCUT2D eigenvalue weighted by molar-refractivity contribution is -0.134. The highest BCUT2D eigenvalue weighted by molar-refractivity contribution is 6.00. The maximum absolute atomic E-state index is 13.4. The van der Waals surface area contributed by atoms with Crippen LogP contribution in [0.3, 0.4) is 0 Å². The number of hydrogen-bond acceptors (Lipinski definition) is 4. The molecule has 0 bridgehead atoms. The van der Waals surface area contributed by atoms with E-state index in [4.69, 9.17) is 9.84 Å². The summed E-state index contributed by atoms with van der Waals surface area (Å²) in [5.41, 5.74) is 1.20. The zero-order valence-electron chi connectivity index (χ0n) is 18.7. The molecule has 0 saturated heterocycles. The Balaban J connectivity index is 1.63. The molecule has 2 aliphatic rings. The van der Waals surface area contributed by atoms with Gasteiger partial charge in [0.2, 0.25) is 5.91 Å². The molecule has 2 heterocycles. The number of nitrogens with zero attached hydrogens (tertiary/aromatic N) is 3. The highest BCUT2D eigenvalue weighted by atomic mass is 16.5. The minimum Gasteiger partial charge on any atom is -0.497 e. The Morgan fingerprint density at radius 1 is 1.23 bits per heavy atom. The Labute approximate surface area is 183 Å². The summed E-state index contributed by atoms with van der Waals surface area (Å²) in [7, 11) is 1.63. The predicted octanol–water partition coefficient (Wildman–Crippen LogP) is 3.63. The molecule has 7 heteroatoms. The van der Waals surface area contributed by atoms with Crippen molar-refractivity contribution in [1.29, 1.82) is 0 Å². The summed E-state index contributed by atoms with van der Waals surface area (Å²) in [6, 6.07) is 9.63. The topological polar surface area (TPSA) is 76.5 Å². The van der Waals surface area contributed by atoms with Crippen molar-refractivity contribution in [2.75, 3.05) is 13.7 Å². The molecule has 0 radical (unpaired) electrons. The number of ether oxygens (including phenoxy) is 1. The van der Waals surface area contributed by atoms with Crippen molar-refractivity contribution < 1.29 is 14.3 Å². The van der Waals surface area contributed by atoms with Gasteiger partial charge in [-0.1, -0.05) is 26.2 Å². The fraction of sp³-hybridized carbons (Fsp3) is 0.542. The van der Waals surface area contributed by atoms with Crippen LogP contribution in [0.1, 0.15) is 62.9 Å². The van der Waals surface area contributed by atoms with Gasteiger partial charge in [0.15, 0.2) is 0 Å². The van der Waals surface area contributed by atoms with Crippen LogP contribution in [-0.2, 0) is 11.3 Å². The number of fused-ring (bicyclic) bond motifs is 1. The van der Waals surface area contributed by atoms with Gasteiger partial charge in [-0.15, -0.1) is 0 Å². The van der Waals surface area contributed by atoms with Crippen molar-refractivity contribution in [3.05, 3.63) is 36.0 Å². The number of nitrogens with one attached hydrogen (secondary N) is 1. The summed E-state index contributed by atoms with van der Waals surface area (Å²) in [5, 5.41) is 7.93. The number of carbonyl (C=O) groups excluding carboxylic acids is 2. The molecule has 1 aliphatic carbocycles. The van der Waals surface area contributed by atoms with E-state index in [0.29, 0.717) is 18.8 Å². The van der Waals surface area contributed by atoms with Crippen LogP contribution < -0.4 is 10.1 Å². The van der Waals surface area contributed by atoms with E-state index < -0.39 is 5.54 Å². The quantitative estimate of drug-likeness (QED) is 0.768. The van der Waals surface area contributed by atoms with Gasteiger partial charge >= 0.3 is 0 Å². The summed E-state index contributed by atoms with van der Waals surface area (Å²) in [6.07, 6.45) is 6.34. The third kappa shape index (κ3) is 4.05. The Kier molecular flexibility index (Phi) is 6.03. The first kappa shape index (κ1) is 21.4. The van der Waals surface area contributed by atoms with Crippen molar-refractivity contribution >= 4 is 11.8 Å². The molecular formula is C24H32N4O3. The molecule has 0 spiro atoms. The molecular weight excluding hydrogens is 392 g/mol. The van der Waals surface area contributed by atoms with E-state index >= 15 is 0 Å². The molecule has 2 amide bonds. The first-order chi connectivity index (χ1) is 15.0. The summed E-state index contributed by atoms with van der Waals surface area (Å²) in [5.74, 6) is 0.555. The predicted molar refractivity (Wildman–Crippen MR) is 119 cm³/mol. The van der Waals surface area contributed by atoms with Gasteiger partial charge in [-0.2, -0.15) is 5.10 Å². The third-order valence-electron chi connectivity index (χ3n) is 6.56. The van der Waals surface area contributed by atoms with Crippen molar-refractivity contribution in [2.45, 2.75) is 70.5 Å². The Morgan fingerprint density at radius 2 is 1.94 bits per heavy atom. The highest BCUT2D eigenvalue weighted by Gasteiger charge is 2.48. The fourth-order valence-electron chi connectivity index (χ4n) is 4.71. The van der Waals surface area contributed by atoms with Crippen LogP contribution in [0.2, 0.25) is 0 Å². The number of benzene rings is 1. The minimum atomic E-state index is -0.958. The van der Waals surface area contributed by atoms with Gasteiger partial charge in [0, 0.05) is 18.2 Å². The van der Waals surface area contributed by atoms with Crippen molar-refractivity contribution in [1.82, 2.24) is 20.0 Å². The molecule has 166 valence electrons. The number of rotatable bonds is 6. The van der Waals surface area contributed by atoms with Gasteiger partial charge in [0.05, 0.1) is 19.3 Å². The van der Waals surface area contributed by atoms with E-state index in [9.17, 15) is 9.59 Å². The molecule has 1 aromatic carbocycles. The molecule has 1 fully saturated rings. The van der Waals surface area contributed by atoms with E-state index in [0.717, 1.165) is 49.1 Å². The minimum absolute atomic E-state index is 0.0756. The maximum Gasteiger partial charge on any atom is 0.273 e. The van der Waals surface area contributed by atoms with Gasteiger partial charge in [-0.25, -0.2) is 0 Å². The van der Waals surface area contributed by atoms with Crippen LogP contribution in [-0.4, -0.2) is 51.7 Å². The lowest BCUT2D eigenvalue weighted by Crippen LogP contribution is -2.65. The van der Waals surface area contributed by atoms with Gasteiger partial charge in [-0.05, 0) is 56.5 Å². The first-order valence-corrected chi connectivity index (χ1v) is 11.3. The van der Waals surface area contributed by atoms with Crippen LogP contribution in [0.4, 0.5) is 0 Å². The molecule has 1 saturated carbocycles. The average molecular weight is 425 g/mol. The fourth-order valence-corrected chi connectivity index (χ4v) is 4.71. The van der Waals surface area contributed by atoms with Crippen LogP contribution >= 0.6 is 0 Å². The van der Waals surface area contributed by atoms with E-state index in [-0.39, 0.29) is 17.9 Å². The number of amides is 2. The molecule has 4 rings (SSSR count). The van der Waals surface area contributed by atoms with Crippen LogP contribution in [0.15, 0.2) is 30.3 Å². The first-order valence-electron chi connectivity index (χ1n) is 11.3. The molecule has 1 aliphatic heterocycles. The number of methoxy groups -OCH3 is 1. The van der Waals surface area contributed by atoms with Crippen molar-refractivity contribution in [2.24, 2.45) is 0 Å². The van der Waals surface area contributed by atoms with Crippen LogP contribution in [0.25, 0.3) is 11.3 Å². The third-order valence-corrected chi connectivity index (χ3v) is 6.56. The average Bonchev–Trinajstić information content (AvgIpc) is 3.21.